The highest BCUT2D eigenvalue weighted by Gasteiger charge is 2.44. The first-order valence-corrected chi connectivity index (χ1v) is 6.41. The lowest BCUT2D eigenvalue weighted by atomic mass is 10.1. The predicted octanol–water partition coefficient (Wildman–Crippen LogP) is -0.369. The molecule has 2 fully saturated rings. The minimum atomic E-state index is -0.782. The van der Waals surface area contributed by atoms with Crippen LogP contribution in [0.4, 0.5) is 4.79 Å². The van der Waals surface area contributed by atoms with Gasteiger partial charge in [-0.2, -0.15) is 0 Å². The summed E-state index contributed by atoms with van der Waals surface area (Å²) in [7, 11) is 0. The zero-order valence-electron chi connectivity index (χ0n) is 11.0. The summed E-state index contributed by atoms with van der Waals surface area (Å²) in [6.07, 6.45) is 0.988. The third kappa shape index (κ3) is 2.49. The highest BCUT2D eigenvalue weighted by molar-refractivity contribution is 6.06. The van der Waals surface area contributed by atoms with Gasteiger partial charge in [-0.05, 0) is 32.7 Å². The standard InChI is InChI=1S/C12H21N3O3/c1-12(2)10(17)15(11(18)13-12)6-5-14-4-3-9(7-14)8-16/h9,16H,3-8H2,1-2H3,(H,13,18). The van der Waals surface area contributed by atoms with Gasteiger partial charge in [0.2, 0.25) is 0 Å². The van der Waals surface area contributed by atoms with E-state index in [0.717, 1.165) is 19.5 Å². The van der Waals surface area contributed by atoms with Crippen LogP contribution >= 0.6 is 0 Å². The van der Waals surface area contributed by atoms with E-state index in [2.05, 4.69) is 10.2 Å². The van der Waals surface area contributed by atoms with E-state index in [4.69, 9.17) is 5.11 Å². The quantitative estimate of drug-likeness (QED) is 0.672. The zero-order chi connectivity index (χ0) is 13.3. The average molecular weight is 255 g/mol. The summed E-state index contributed by atoms with van der Waals surface area (Å²) in [6, 6.07) is -0.303. The van der Waals surface area contributed by atoms with Crippen LogP contribution in [0.2, 0.25) is 0 Å². The first-order valence-electron chi connectivity index (χ1n) is 6.41. The fourth-order valence-corrected chi connectivity index (χ4v) is 2.53. The third-order valence-corrected chi connectivity index (χ3v) is 3.71. The summed E-state index contributed by atoms with van der Waals surface area (Å²) >= 11 is 0. The maximum absolute atomic E-state index is 11.9. The van der Waals surface area contributed by atoms with E-state index in [1.54, 1.807) is 13.8 Å². The van der Waals surface area contributed by atoms with Crippen LogP contribution in [0.3, 0.4) is 0 Å². The molecule has 0 spiro atoms. The summed E-state index contributed by atoms with van der Waals surface area (Å²) in [5.41, 5.74) is -0.782. The molecule has 3 amide bonds. The molecule has 0 aromatic heterocycles. The first-order chi connectivity index (χ1) is 8.44. The summed E-state index contributed by atoms with van der Waals surface area (Å²) in [6.45, 7) is 6.53. The van der Waals surface area contributed by atoms with Gasteiger partial charge in [0.05, 0.1) is 0 Å². The number of rotatable bonds is 4. The summed E-state index contributed by atoms with van der Waals surface area (Å²) in [4.78, 5) is 27.1. The molecule has 1 atom stereocenters. The van der Waals surface area contributed by atoms with Crippen molar-refractivity contribution in [3.63, 3.8) is 0 Å². The van der Waals surface area contributed by atoms with Gasteiger partial charge in [0.25, 0.3) is 5.91 Å². The van der Waals surface area contributed by atoms with Crippen molar-refractivity contribution in [2.45, 2.75) is 25.8 Å². The maximum Gasteiger partial charge on any atom is 0.325 e. The van der Waals surface area contributed by atoms with Crippen LogP contribution in [-0.2, 0) is 4.79 Å². The second-order valence-electron chi connectivity index (χ2n) is 5.65. The minimum Gasteiger partial charge on any atom is -0.396 e. The van der Waals surface area contributed by atoms with Crippen molar-refractivity contribution in [3.05, 3.63) is 0 Å². The van der Waals surface area contributed by atoms with Gasteiger partial charge < -0.3 is 15.3 Å². The molecular weight excluding hydrogens is 234 g/mol. The number of hydrogen-bond acceptors (Lipinski definition) is 4. The molecule has 6 heteroatoms. The van der Waals surface area contributed by atoms with Crippen molar-refractivity contribution in [2.24, 2.45) is 5.92 Å². The van der Waals surface area contributed by atoms with Crippen molar-refractivity contribution >= 4 is 11.9 Å². The van der Waals surface area contributed by atoms with E-state index < -0.39 is 5.54 Å². The van der Waals surface area contributed by atoms with Crippen LogP contribution < -0.4 is 5.32 Å². The molecule has 2 N–H and O–H groups in total. The molecule has 102 valence electrons. The molecule has 0 bridgehead atoms. The average Bonchev–Trinajstić information content (AvgIpc) is 2.82. The van der Waals surface area contributed by atoms with Crippen LogP contribution in [0.25, 0.3) is 0 Å². The number of carbonyl (C=O) groups is 2. The Balaban J connectivity index is 1.84. The van der Waals surface area contributed by atoms with Crippen LogP contribution in [0.1, 0.15) is 20.3 Å². The Morgan fingerprint density at radius 3 is 2.61 bits per heavy atom. The van der Waals surface area contributed by atoms with Gasteiger partial charge in [0.1, 0.15) is 5.54 Å². The number of nitrogens with zero attached hydrogens (tertiary/aromatic N) is 2. The van der Waals surface area contributed by atoms with Crippen LogP contribution in [0, 0.1) is 5.92 Å². The Kier molecular flexibility index (Phi) is 3.59. The van der Waals surface area contributed by atoms with Gasteiger partial charge >= 0.3 is 6.03 Å². The highest BCUT2D eigenvalue weighted by Crippen LogP contribution is 2.18. The van der Waals surface area contributed by atoms with Gasteiger partial charge in [-0.15, -0.1) is 0 Å². The zero-order valence-corrected chi connectivity index (χ0v) is 11.0. The molecule has 0 radical (unpaired) electrons. The van der Waals surface area contributed by atoms with E-state index in [-0.39, 0.29) is 18.5 Å². The largest absolute Gasteiger partial charge is 0.396 e. The van der Waals surface area contributed by atoms with Crippen molar-refractivity contribution in [2.75, 3.05) is 32.8 Å². The Bertz CT molecular complexity index is 356. The lowest BCUT2D eigenvalue weighted by Gasteiger charge is -2.20. The normalized spacial score (nSPS) is 27.9. The topological polar surface area (TPSA) is 72.9 Å². The second kappa shape index (κ2) is 4.85. The molecule has 0 aliphatic carbocycles. The SMILES string of the molecule is CC1(C)NC(=O)N(CCN2CCC(CO)C2)C1=O. The van der Waals surface area contributed by atoms with E-state index in [0.29, 0.717) is 19.0 Å². The predicted molar refractivity (Wildman–Crippen MR) is 66.0 cm³/mol. The van der Waals surface area contributed by atoms with Gasteiger partial charge in [0, 0.05) is 26.2 Å². The molecule has 2 aliphatic rings. The van der Waals surface area contributed by atoms with Crippen LogP contribution in [-0.4, -0.2) is 65.2 Å². The number of amides is 3. The molecule has 2 aliphatic heterocycles. The summed E-state index contributed by atoms with van der Waals surface area (Å²) < 4.78 is 0. The van der Waals surface area contributed by atoms with Crippen molar-refractivity contribution < 1.29 is 14.7 Å². The van der Waals surface area contributed by atoms with Crippen molar-refractivity contribution in [3.8, 4) is 0 Å². The number of hydrogen-bond donors (Lipinski definition) is 2. The first kappa shape index (κ1) is 13.3. The molecule has 2 rings (SSSR count). The van der Waals surface area contributed by atoms with Crippen LogP contribution in [0.5, 0.6) is 0 Å². The van der Waals surface area contributed by atoms with Crippen molar-refractivity contribution in [1.82, 2.24) is 15.1 Å². The number of imide groups is 1. The van der Waals surface area contributed by atoms with Gasteiger partial charge in [-0.3, -0.25) is 9.69 Å². The number of carbonyl (C=O) groups excluding carboxylic acids is 2. The highest BCUT2D eigenvalue weighted by atomic mass is 16.3. The molecule has 2 saturated heterocycles. The van der Waals surface area contributed by atoms with E-state index in [1.807, 2.05) is 0 Å². The van der Waals surface area contributed by atoms with Crippen molar-refractivity contribution in [1.29, 1.82) is 0 Å². The molecule has 0 saturated carbocycles. The maximum atomic E-state index is 11.9. The van der Waals surface area contributed by atoms with E-state index >= 15 is 0 Å². The Hall–Kier alpha value is -1.14. The van der Waals surface area contributed by atoms with Gasteiger partial charge in [-0.1, -0.05) is 0 Å². The Morgan fingerprint density at radius 2 is 2.11 bits per heavy atom. The molecule has 0 aromatic carbocycles. The Labute approximate surface area is 107 Å². The lowest BCUT2D eigenvalue weighted by molar-refractivity contribution is -0.130. The van der Waals surface area contributed by atoms with Gasteiger partial charge in [0.15, 0.2) is 0 Å². The molecular formula is C12H21N3O3. The summed E-state index contributed by atoms with van der Waals surface area (Å²) in [5.74, 6) is 0.176. The van der Waals surface area contributed by atoms with Gasteiger partial charge in [-0.25, -0.2) is 4.79 Å². The Morgan fingerprint density at radius 1 is 1.39 bits per heavy atom. The van der Waals surface area contributed by atoms with E-state index in [1.165, 1.54) is 4.90 Å². The molecule has 0 aromatic rings. The lowest BCUT2D eigenvalue weighted by Crippen LogP contribution is -2.41. The fraction of sp³-hybridized carbons (Fsp3) is 0.833. The number of aliphatic hydroxyl groups excluding tert-OH is 1. The molecule has 1 unspecified atom stereocenters. The number of urea groups is 1. The van der Waals surface area contributed by atoms with Crippen LogP contribution in [0.15, 0.2) is 0 Å². The molecule has 2 heterocycles. The molecule has 18 heavy (non-hydrogen) atoms. The smallest absolute Gasteiger partial charge is 0.325 e. The second-order valence-corrected chi connectivity index (χ2v) is 5.65. The van der Waals surface area contributed by atoms with E-state index in [9.17, 15) is 9.59 Å². The third-order valence-electron chi connectivity index (χ3n) is 3.71. The fourth-order valence-electron chi connectivity index (χ4n) is 2.53. The monoisotopic (exact) mass is 255 g/mol. The summed E-state index contributed by atoms with van der Waals surface area (Å²) in [5, 5.41) is 11.7. The number of nitrogens with one attached hydrogen (secondary N) is 1. The number of aliphatic hydroxyl groups is 1. The minimum absolute atomic E-state index is 0.162. The molecule has 6 nitrogen and oxygen atoms in total. The number of likely N-dealkylation sites (tertiary alicyclic amines) is 1.